The zero-order valence-corrected chi connectivity index (χ0v) is 14.7. The zero-order valence-electron chi connectivity index (χ0n) is 14.7. The highest BCUT2D eigenvalue weighted by Crippen LogP contribution is 2.18. The minimum atomic E-state index is -1.18. The zero-order chi connectivity index (χ0) is 18.5. The maximum atomic E-state index is 12.3. The molecule has 0 spiro atoms. The molecule has 136 valence electrons. The van der Waals surface area contributed by atoms with Crippen LogP contribution in [0.3, 0.4) is 0 Å². The largest absolute Gasteiger partial charge is 0.545 e. The smallest absolute Gasteiger partial charge is 0.260 e. The Morgan fingerprint density at radius 3 is 2.35 bits per heavy atom. The van der Waals surface area contributed by atoms with Crippen LogP contribution >= 0.6 is 0 Å². The molecule has 0 N–H and O–H groups in total. The summed E-state index contributed by atoms with van der Waals surface area (Å²) in [5, 5.41) is 10.8. The van der Waals surface area contributed by atoms with Crippen molar-refractivity contribution in [2.75, 3.05) is 37.7 Å². The molecule has 1 fully saturated rings. The lowest BCUT2D eigenvalue weighted by molar-refractivity contribution is -0.255. The quantitative estimate of drug-likeness (QED) is 0.804. The van der Waals surface area contributed by atoms with Gasteiger partial charge in [0.25, 0.3) is 5.91 Å². The van der Waals surface area contributed by atoms with Crippen LogP contribution in [0.1, 0.15) is 15.9 Å². The van der Waals surface area contributed by atoms with E-state index in [1.165, 1.54) is 12.1 Å². The van der Waals surface area contributed by atoms with Gasteiger partial charge in [-0.2, -0.15) is 0 Å². The molecule has 2 aromatic rings. The highest BCUT2D eigenvalue weighted by Gasteiger charge is 2.21. The fraction of sp³-hybridized carbons (Fsp3) is 0.300. The molecular weight excluding hydrogens is 332 g/mol. The predicted octanol–water partition coefficient (Wildman–Crippen LogP) is 1.09. The molecule has 0 saturated carbocycles. The van der Waals surface area contributed by atoms with E-state index in [0.29, 0.717) is 31.9 Å². The van der Waals surface area contributed by atoms with Crippen molar-refractivity contribution >= 4 is 17.6 Å². The van der Waals surface area contributed by atoms with Crippen LogP contribution in [0, 0.1) is 6.92 Å². The number of ether oxygens (including phenoxy) is 1. The summed E-state index contributed by atoms with van der Waals surface area (Å²) in [6.45, 7) is 4.62. The summed E-state index contributed by atoms with van der Waals surface area (Å²) >= 11 is 0. The van der Waals surface area contributed by atoms with Crippen molar-refractivity contribution in [1.29, 1.82) is 0 Å². The van der Waals surface area contributed by atoms with Crippen molar-refractivity contribution in [2.45, 2.75) is 6.92 Å². The Balaban J connectivity index is 1.49. The standard InChI is InChI=1S/C20H22N2O4/c1-15-3-2-4-18(13-15)26-14-19(23)22-11-9-21(10-12-22)17-7-5-16(6-8-17)20(24)25/h2-8,13H,9-12,14H2,1H3,(H,24,25)/p-1. The Bertz CT molecular complexity index is 781. The second-order valence-electron chi connectivity index (χ2n) is 6.31. The Morgan fingerprint density at radius 2 is 1.73 bits per heavy atom. The van der Waals surface area contributed by atoms with E-state index in [-0.39, 0.29) is 18.1 Å². The second-order valence-corrected chi connectivity index (χ2v) is 6.31. The van der Waals surface area contributed by atoms with E-state index in [0.717, 1.165) is 11.3 Å². The van der Waals surface area contributed by atoms with Crippen molar-refractivity contribution in [3.05, 3.63) is 59.7 Å². The number of nitrogens with zero attached hydrogens (tertiary/aromatic N) is 2. The Kier molecular flexibility index (Phi) is 5.41. The van der Waals surface area contributed by atoms with Gasteiger partial charge in [-0.1, -0.05) is 24.3 Å². The van der Waals surface area contributed by atoms with Gasteiger partial charge in [-0.05, 0) is 42.3 Å². The summed E-state index contributed by atoms with van der Waals surface area (Å²) in [6, 6.07) is 14.2. The Hall–Kier alpha value is -3.02. The van der Waals surface area contributed by atoms with E-state index >= 15 is 0 Å². The number of hydrogen-bond acceptors (Lipinski definition) is 5. The molecule has 1 aliphatic heterocycles. The first-order valence-electron chi connectivity index (χ1n) is 8.56. The number of rotatable bonds is 5. The fourth-order valence-corrected chi connectivity index (χ4v) is 2.96. The molecule has 0 aromatic heterocycles. The van der Waals surface area contributed by atoms with Gasteiger partial charge in [0.1, 0.15) is 5.75 Å². The van der Waals surface area contributed by atoms with Crippen LogP contribution < -0.4 is 14.7 Å². The first-order valence-corrected chi connectivity index (χ1v) is 8.56. The van der Waals surface area contributed by atoms with Crippen LogP contribution in [-0.4, -0.2) is 49.6 Å². The lowest BCUT2D eigenvalue weighted by atomic mass is 10.2. The number of aromatic carboxylic acids is 1. The normalized spacial score (nSPS) is 14.2. The highest BCUT2D eigenvalue weighted by atomic mass is 16.5. The molecular formula is C20H21N2O4-. The van der Waals surface area contributed by atoms with Gasteiger partial charge in [0.2, 0.25) is 0 Å². The van der Waals surface area contributed by atoms with Crippen LogP contribution in [0.25, 0.3) is 0 Å². The monoisotopic (exact) mass is 353 g/mol. The summed E-state index contributed by atoms with van der Waals surface area (Å²) < 4.78 is 5.58. The molecule has 0 radical (unpaired) electrons. The molecule has 0 atom stereocenters. The van der Waals surface area contributed by atoms with Crippen molar-refractivity contribution in [3.63, 3.8) is 0 Å². The van der Waals surface area contributed by atoms with Crippen LogP contribution in [0.4, 0.5) is 5.69 Å². The number of anilines is 1. The molecule has 3 rings (SSSR count). The fourth-order valence-electron chi connectivity index (χ4n) is 2.96. The molecule has 1 saturated heterocycles. The number of hydrogen-bond donors (Lipinski definition) is 0. The average molecular weight is 353 g/mol. The highest BCUT2D eigenvalue weighted by molar-refractivity contribution is 5.86. The Morgan fingerprint density at radius 1 is 1.04 bits per heavy atom. The number of carbonyl (C=O) groups is 2. The summed E-state index contributed by atoms with van der Waals surface area (Å²) in [4.78, 5) is 27.1. The van der Waals surface area contributed by atoms with Crippen molar-refractivity contribution in [1.82, 2.24) is 4.90 Å². The number of carbonyl (C=O) groups excluding carboxylic acids is 2. The molecule has 1 heterocycles. The number of amides is 1. The maximum absolute atomic E-state index is 12.3. The third kappa shape index (κ3) is 4.33. The van der Waals surface area contributed by atoms with Crippen LogP contribution in [-0.2, 0) is 4.79 Å². The van der Waals surface area contributed by atoms with Crippen LogP contribution in [0.2, 0.25) is 0 Å². The Labute approximate surface area is 152 Å². The minimum absolute atomic E-state index is 0.0292. The van der Waals surface area contributed by atoms with Gasteiger partial charge in [0, 0.05) is 31.9 Å². The lowest BCUT2D eigenvalue weighted by Gasteiger charge is -2.36. The molecule has 6 heteroatoms. The van der Waals surface area contributed by atoms with Gasteiger partial charge in [-0.15, -0.1) is 0 Å². The summed E-state index contributed by atoms with van der Waals surface area (Å²) in [7, 11) is 0. The molecule has 0 unspecified atom stereocenters. The van der Waals surface area contributed by atoms with E-state index in [1.54, 1.807) is 17.0 Å². The topological polar surface area (TPSA) is 72.9 Å². The molecule has 0 bridgehead atoms. The maximum Gasteiger partial charge on any atom is 0.260 e. The minimum Gasteiger partial charge on any atom is -0.545 e. The predicted molar refractivity (Wildman–Crippen MR) is 96.2 cm³/mol. The van der Waals surface area contributed by atoms with Crippen molar-refractivity contribution in [2.24, 2.45) is 0 Å². The summed E-state index contributed by atoms with van der Waals surface area (Å²) in [5.41, 5.74) is 2.20. The van der Waals surface area contributed by atoms with Crippen LogP contribution in [0.5, 0.6) is 5.75 Å². The number of carboxylic acid groups (broad SMARTS) is 1. The van der Waals surface area contributed by atoms with E-state index in [1.807, 2.05) is 31.2 Å². The lowest BCUT2D eigenvalue weighted by Crippen LogP contribution is -2.50. The van der Waals surface area contributed by atoms with E-state index in [2.05, 4.69) is 4.90 Å². The van der Waals surface area contributed by atoms with Crippen molar-refractivity contribution < 1.29 is 19.4 Å². The number of carboxylic acids is 1. The summed E-state index contributed by atoms with van der Waals surface area (Å²) in [6.07, 6.45) is 0. The van der Waals surface area contributed by atoms with Gasteiger partial charge in [-0.25, -0.2) is 0 Å². The third-order valence-electron chi connectivity index (χ3n) is 4.45. The number of aryl methyl sites for hydroxylation is 1. The molecule has 1 amide bonds. The first-order chi connectivity index (χ1) is 12.5. The first kappa shape index (κ1) is 17.8. The second kappa shape index (κ2) is 7.91. The van der Waals surface area contributed by atoms with Gasteiger partial charge in [0.05, 0.1) is 5.97 Å². The van der Waals surface area contributed by atoms with Gasteiger partial charge in [0.15, 0.2) is 6.61 Å². The molecule has 0 aliphatic carbocycles. The third-order valence-corrected chi connectivity index (χ3v) is 4.45. The molecule has 6 nitrogen and oxygen atoms in total. The molecule has 1 aliphatic rings. The van der Waals surface area contributed by atoms with Gasteiger partial charge in [-0.3, -0.25) is 4.79 Å². The van der Waals surface area contributed by atoms with E-state index in [9.17, 15) is 14.7 Å². The molecule has 26 heavy (non-hydrogen) atoms. The number of piperazine rings is 1. The average Bonchev–Trinajstić information content (AvgIpc) is 2.66. The van der Waals surface area contributed by atoms with Crippen molar-refractivity contribution in [3.8, 4) is 5.75 Å². The molecule has 2 aromatic carbocycles. The van der Waals surface area contributed by atoms with Gasteiger partial charge >= 0.3 is 0 Å². The van der Waals surface area contributed by atoms with Crippen LogP contribution in [0.15, 0.2) is 48.5 Å². The van der Waals surface area contributed by atoms with E-state index in [4.69, 9.17) is 4.74 Å². The SMILES string of the molecule is Cc1cccc(OCC(=O)N2CCN(c3ccc(C(=O)[O-])cc3)CC2)c1. The number of benzene rings is 2. The van der Waals surface area contributed by atoms with E-state index < -0.39 is 5.97 Å². The van der Waals surface area contributed by atoms with Gasteiger partial charge < -0.3 is 24.4 Å². The summed E-state index contributed by atoms with van der Waals surface area (Å²) in [5.74, 6) is -0.510.